The molecule has 0 heterocycles. The summed E-state index contributed by atoms with van der Waals surface area (Å²) in [6.07, 6.45) is 0. The van der Waals surface area contributed by atoms with Gasteiger partial charge in [0.15, 0.2) is 11.5 Å². The number of ether oxygens (including phenoxy) is 2. The molecule has 2 rings (SSSR count). The molecule has 0 aliphatic carbocycles. The van der Waals surface area contributed by atoms with Crippen molar-refractivity contribution in [3.8, 4) is 11.5 Å². The molecule has 0 saturated heterocycles. The van der Waals surface area contributed by atoms with Crippen LogP contribution in [0.3, 0.4) is 0 Å². The summed E-state index contributed by atoms with van der Waals surface area (Å²) in [6.45, 7) is 0. The predicted octanol–water partition coefficient (Wildman–Crippen LogP) is 6.48. The second kappa shape index (κ2) is 7.49. The van der Waals surface area contributed by atoms with Gasteiger partial charge in [0, 0.05) is 13.4 Å². The third kappa shape index (κ3) is 3.84. The zero-order chi connectivity index (χ0) is 15.6. The highest BCUT2D eigenvalue weighted by atomic mass is 79.9. The zero-order valence-electron chi connectivity index (χ0n) is 11.3. The van der Waals surface area contributed by atoms with E-state index in [0.717, 1.165) is 24.5 Å². The van der Waals surface area contributed by atoms with E-state index in [-0.39, 0.29) is 4.83 Å². The standard InChI is InChI=1S/C15H12Br4O2/c1-20-13-6-10(12(18)7-14(13)21-2)15(19)9-4-3-8(16)5-11(9)17/h3-7,15H,1-2H3. The molecule has 0 aromatic heterocycles. The molecule has 1 atom stereocenters. The van der Waals surface area contributed by atoms with Gasteiger partial charge < -0.3 is 9.47 Å². The Bertz CT molecular complexity index is 658. The number of methoxy groups -OCH3 is 2. The number of rotatable bonds is 4. The molecule has 21 heavy (non-hydrogen) atoms. The molecule has 2 aromatic carbocycles. The average Bonchev–Trinajstić information content (AvgIpc) is 2.46. The summed E-state index contributed by atoms with van der Waals surface area (Å²) in [5.41, 5.74) is 2.20. The second-order valence-corrected chi connectivity index (χ2v) is 7.80. The van der Waals surface area contributed by atoms with Gasteiger partial charge in [-0.3, -0.25) is 0 Å². The van der Waals surface area contributed by atoms with Crippen molar-refractivity contribution in [3.63, 3.8) is 0 Å². The lowest BCUT2D eigenvalue weighted by Gasteiger charge is -2.17. The fourth-order valence-electron chi connectivity index (χ4n) is 1.94. The summed E-state index contributed by atoms with van der Waals surface area (Å²) >= 11 is 14.4. The van der Waals surface area contributed by atoms with Gasteiger partial charge in [0.05, 0.1) is 19.0 Å². The van der Waals surface area contributed by atoms with Gasteiger partial charge in [-0.25, -0.2) is 0 Å². The van der Waals surface area contributed by atoms with Crippen LogP contribution in [0.5, 0.6) is 11.5 Å². The molecule has 0 saturated carbocycles. The highest BCUT2D eigenvalue weighted by molar-refractivity contribution is 9.11. The van der Waals surface area contributed by atoms with Crippen molar-refractivity contribution in [1.29, 1.82) is 0 Å². The summed E-state index contributed by atoms with van der Waals surface area (Å²) in [4.78, 5) is 0.0224. The van der Waals surface area contributed by atoms with Gasteiger partial charge in [-0.2, -0.15) is 0 Å². The van der Waals surface area contributed by atoms with Crippen molar-refractivity contribution in [2.75, 3.05) is 14.2 Å². The van der Waals surface area contributed by atoms with Crippen LogP contribution in [0.25, 0.3) is 0 Å². The quantitative estimate of drug-likeness (QED) is 0.411. The normalized spacial score (nSPS) is 12.1. The minimum Gasteiger partial charge on any atom is -0.493 e. The van der Waals surface area contributed by atoms with Crippen LogP contribution >= 0.6 is 63.7 Å². The van der Waals surface area contributed by atoms with E-state index < -0.39 is 0 Å². The first-order valence-corrected chi connectivity index (χ1v) is 9.27. The Balaban J connectivity index is 2.50. The van der Waals surface area contributed by atoms with Gasteiger partial charge in [-0.05, 0) is 35.4 Å². The maximum atomic E-state index is 5.38. The second-order valence-electron chi connectivity index (χ2n) is 4.26. The highest BCUT2D eigenvalue weighted by Crippen LogP contribution is 2.43. The van der Waals surface area contributed by atoms with Gasteiger partial charge in [-0.15, -0.1) is 0 Å². The Hall–Kier alpha value is -0.0400. The summed E-state index contributed by atoms with van der Waals surface area (Å²) in [6, 6.07) is 9.99. The minimum atomic E-state index is 0.0224. The zero-order valence-corrected chi connectivity index (χ0v) is 17.6. The number of hydrogen-bond acceptors (Lipinski definition) is 2. The molecule has 0 aliphatic heterocycles. The van der Waals surface area contributed by atoms with Crippen molar-refractivity contribution in [2.45, 2.75) is 4.83 Å². The minimum absolute atomic E-state index is 0.0224. The fourth-order valence-corrected chi connectivity index (χ4v) is 5.16. The van der Waals surface area contributed by atoms with Crippen molar-refractivity contribution >= 4 is 63.7 Å². The lowest BCUT2D eigenvalue weighted by molar-refractivity contribution is 0.354. The van der Waals surface area contributed by atoms with Gasteiger partial charge in [0.2, 0.25) is 0 Å². The van der Waals surface area contributed by atoms with E-state index in [1.54, 1.807) is 14.2 Å². The number of halogens is 4. The van der Waals surface area contributed by atoms with Gasteiger partial charge >= 0.3 is 0 Å². The molecule has 0 N–H and O–H groups in total. The molecule has 2 nitrogen and oxygen atoms in total. The topological polar surface area (TPSA) is 18.5 Å². The molecule has 6 heteroatoms. The van der Waals surface area contributed by atoms with E-state index in [2.05, 4.69) is 69.8 Å². The van der Waals surface area contributed by atoms with Crippen LogP contribution in [0.4, 0.5) is 0 Å². The van der Waals surface area contributed by atoms with Crippen LogP contribution in [0, 0.1) is 0 Å². The van der Waals surface area contributed by atoms with Crippen LogP contribution in [0.15, 0.2) is 43.7 Å². The Labute approximate surface area is 157 Å². The van der Waals surface area contributed by atoms with E-state index in [1.807, 2.05) is 24.3 Å². The number of alkyl halides is 1. The van der Waals surface area contributed by atoms with E-state index >= 15 is 0 Å². The fraction of sp³-hybridized carbons (Fsp3) is 0.200. The lowest BCUT2D eigenvalue weighted by Crippen LogP contribution is -1.98. The predicted molar refractivity (Wildman–Crippen MR) is 99.9 cm³/mol. The van der Waals surface area contributed by atoms with Gasteiger partial charge in [-0.1, -0.05) is 69.8 Å². The molecular weight excluding hydrogens is 532 g/mol. The molecule has 0 aliphatic rings. The molecule has 0 spiro atoms. The molecule has 1 unspecified atom stereocenters. The molecular formula is C15H12Br4O2. The number of hydrogen-bond donors (Lipinski definition) is 0. The first-order valence-electron chi connectivity index (χ1n) is 5.98. The summed E-state index contributed by atoms with van der Waals surface area (Å²) < 4.78 is 13.7. The Morgan fingerprint density at radius 1 is 0.810 bits per heavy atom. The average molecular weight is 544 g/mol. The monoisotopic (exact) mass is 540 g/mol. The Morgan fingerprint density at radius 3 is 1.95 bits per heavy atom. The largest absolute Gasteiger partial charge is 0.493 e. The summed E-state index contributed by atoms with van der Waals surface area (Å²) in [7, 11) is 3.26. The molecule has 0 radical (unpaired) electrons. The molecule has 0 fully saturated rings. The van der Waals surface area contributed by atoms with Crippen LogP contribution in [0.1, 0.15) is 16.0 Å². The highest BCUT2D eigenvalue weighted by Gasteiger charge is 2.19. The van der Waals surface area contributed by atoms with Gasteiger partial charge in [0.1, 0.15) is 0 Å². The van der Waals surface area contributed by atoms with Gasteiger partial charge in [0.25, 0.3) is 0 Å². The number of benzene rings is 2. The Kier molecular flexibility index (Phi) is 6.17. The summed E-state index contributed by atoms with van der Waals surface area (Å²) in [5.74, 6) is 1.40. The lowest BCUT2D eigenvalue weighted by atomic mass is 10.0. The van der Waals surface area contributed by atoms with E-state index in [1.165, 1.54) is 0 Å². The Morgan fingerprint density at radius 2 is 1.38 bits per heavy atom. The maximum Gasteiger partial charge on any atom is 0.161 e. The van der Waals surface area contributed by atoms with E-state index in [4.69, 9.17) is 9.47 Å². The van der Waals surface area contributed by atoms with Crippen LogP contribution in [-0.4, -0.2) is 14.2 Å². The van der Waals surface area contributed by atoms with E-state index in [0.29, 0.717) is 11.5 Å². The van der Waals surface area contributed by atoms with Crippen LogP contribution in [-0.2, 0) is 0 Å². The first kappa shape index (κ1) is 17.3. The maximum absolute atomic E-state index is 5.38. The molecule has 2 aromatic rings. The smallest absolute Gasteiger partial charge is 0.161 e. The van der Waals surface area contributed by atoms with E-state index in [9.17, 15) is 0 Å². The van der Waals surface area contributed by atoms with Crippen molar-refractivity contribution in [3.05, 3.63) is 54.9 Å². The third-order valence-electron chi connectivity index (χ3n) is 3.01. The van der Waals surface area contributed by atoms with Crippen molar-refractivity contribution < 1.29 is 9.47 Å². The van der Waals surface area contributed by atoms with Crippen LogP contribution in [0.2, 0.25) is 0 Å². The molecule has 0 amide bonds. The summed E-state index contributed by atoms with van der Waals surface area (Å²) in [5, 5.41) is 0. The third-order valence-corrected chi connectivity index (χ3v) is 5.86. The SMILES string of the molecule is COc1cc(Br)c(C(Br)c2ccc(Br)cc2Br)cc1OC. The van der Waals surface area contributed by atoms with Crippen LogP contribution < -0.4 is 9.47 Å². The first-order chi connectivity index (χ1) is 9.97. The van der Waals surface area contributed by atoms with Crippen molar-refractivity contribution in [1.82, 2.24) is 0 Å². The molecule has 112 valence electrons. The van der Waals surface area contributed by atoms with Crippen molar-refractivity contribution in [2.24, 2.45) is 0 Å². The molecule has 0 bridgehead atoms.